The lowest BCUT2D eigenvalue weighted by Gasteiger charge is -2.27. The molecule has 1 aromatic heterocycles. The lowest BCUT2D eigenvalue weighted by Crippen LogP contribution is -2.35. The van der Waals surface area contributed by atoms with E-state index in [2.05, 4.69) is 15.6 Å². The van der Waals surface area contributed by atoms with Gasteiger partial charge in [0.2, 0.25) is 5.91 Å². The Morgan fingerprint density at radius 3 is 2.58 bits per heavy atom. The number of nitrogens with two attached hydrogens (primary N) is 1. The summed E-state index contributed by atoms with van der Waals surface area (Å²) in [7, 11) is -0.182. The van der Waals surface area contributed by atoms with E-state index < -0.39 is 21.1 Å². The van der Waals surface area contributed by atoms with Crippen molar-refractivity contribution in [3.05, 3.63) is 89.6 Å². The predicted molar refractivity (Wildman–Crippen MR) is 167 cm³/mol. The van der Waals surface area contributed by atoms with Gasteiger partial charge < -0.3 is 26.2 Å². The number of hydrogen-bond acceptors (Lipinski definition) is 7. The molecular formula is C32H34N6O4S. The third-order valence-corrected chi connectivity index (χ3v) is 10.4. The molecule has 1 aliphatic carbocycles. The number of pyridine rings is 1. The Bertz CT molecular complexity index is 1840. The molecule has 3 amide bonds. The summed E-state index contributed by atoms with van der Waals surface area (Å²) < 4.78 is 26.7. The predicted octanol–water partition coefficient (Wildman–Crippen LogP) is 4.58. The van der Waals surface area contributed by atoms with Crippen LogP contribution in [0.25, 0.3) is 10.8 Å². The zero-order valence-electron chi connectivity index (χ0n) is 24.1. The lowest BCUT2D eigenvalue weighted by molar-refractivity contribution is -0.131. The van der Waals surface area contributed by atoms with Crippen LogP contribution in [0.4, 0.5) is 22.0 Å². The van der Waals surface area contributed by atoms with Gasteiger partial charge in [-0.3, -0.25) is 4.79 Å². The molecule has 10 nitrogen and oxygen atoms in total. The maximum atomic E-state index is 14.2. The normalized spacial score (nSPS) is 18.1. The van der Waals surface area contributed by atoms with Crippen molar-refractivity contribution in [1.82, 2.24) is 14.8 Å². The van der Waals surface area contributed by atoms with Gasteiger partial charge in [0.25, 0.3) is 0 Å². The third kappa shape index (κ3) is 5.85. The van der Waals surface area contributed by atoms with E-state index in [-0.39, 0.29) is 23.4 Å². The number of hydrogen-bond donors (Lipinski definition) is 3. The molecule has 4 bridgehead atoms. The molecule has 3 aromatic carbocycles. The van der Waals surface area contributed by atoms with E-state index in [1.54, 1.807) is 43.4 Å². The van der Waals surface area contributed by atoms with Crippen molar-refractivity contribution in [2.45, 2.75) is 42.0 Å². The minimum absolute atomic E-state index is 0.0391. The van der Waals surface area contributed by atoms with Gasteiger partial charge >= 0.3 is 6.03 Å². The molecule has 0 saturated heterocycles. The van der Waals surface area contributed by atoms with E-state index in [0.717, 1.165) is 27.6 Å². The summed E-state index contributed by atoms with van der Waals surface area (Å²) in [5.41, 5.74) is 9.43. The highest BCUT2D eigenvalue weighted by Crippen LogP contribution is 2.36. The van der Waals surface area contributed by atoms with Crippen LogP contribution in [-0.4, -0.2) is 61.0 Å². The van der Waals surface area contributed by atoms with Gasteiger partial charge in [0.1, 0.15) is 11.9 Å². The first kappa shape index (κ1) is 28.5. The van der Waals surface area contributed by atoms with Crippen LogP contribution in [0.1, 0.15) is 35.6 Å². The second-order valence-electron chi connectivity index (χ2n) is 11.3. The number of carbonyl (C=O) groups excluding carboxylic acids is 2. The molecule has 6 rings (SSSR count). The Labute approximate surface area is 250 Å². The number of fused-ring (bicyclic) bond motifs is 5. The highest BCUT2D eigenvalue weighted by molar-refractivity contribution is 7.92. The van der Waals surface area contributed by atoms with Gasteiger partial charge in [-0.15, -0.1) is 0 Å². The number of rotatable bonds is 4. The van der Waals surface area contributed by atoms with Gasteiger partial charge in [0, 0.05) is 50.1 Å². The quantitative estimate of drug-likeness (QED) is 0.313. The Morgan fingerprint density at radius 1 is 0.977 bits per heavy atom. The lowest BCUT2D eigenvalue weighted by atomic mass is 10.00. The average Bonchev–Trinajstić information content (AvgIpc) is 3.85. The Balaban J connectivity index is 1.42. The molecule has 0 spiro atoms. The van der Waals surface area contributed by atoms with Gasteiger partial charge in [-0.1, -0.05) is 24.3 Å². The molecule has 43 heavy (non-hydrogen) atoms. The molecule has 1 saturated carbocycles. The van der Waals surface area contributed by atoms with E-state index in [1.165, 1.54) is 4.90 Å². The number of likely N-dealkylation sites (N-methyl/N-ethyl adjacent to an activating group) is 2. The van der Waals surface area contributed by atoms with Crippen molar-refractivity contribution < 1.29 is 18.0 Å². The fourth-order valence-corrected chi connectivity index (χ4v) is 7.32. The number of aromatic nitrogens is 1. The Morgan fingerprint density at radius 2 is 1.79 bits per heavy atom. The van der Waals surface area contributed by atoms with Crippen molar-refractivity contribution >= 4 is 49.7 Å². The van der Waals surface area contributed by atoms with Crippen LogP contribution in [0.5, 0.6) is 0 Å². The number of benzene rings is 3. The SMILES string of the molecule is CN1CCc2cccc(c2)C(Nc2ccc3c(N)nccc3c2)C(=O)N(C)Cc2cc(ccc2S(=O)(=O)C2CC2)NC1=O. The third-order valence-electron chi connectivity index (χ3n) is 8.09. The van der Waals surface area contributed by atoms with Crippen LogP contribution < -0.4 is 16.4 Å². The molecule has 1 aliphatic heterocycles. The van der Waals surface area contributed by atoms with Gasteiger partial charge in [-0.05, 0) is 83.8 Å². The molecule has 1 unspecified atom stereocenters. The standard InChI is InChI=1S/C32H34N6O4S/c1-37-15-13-20-4-3-5-22(16-20)29(35-24-6-10-27-21(17-24)12-14-34-30(27)33)31(39)38(2)19-23-18-25(36-32(37)40)7-11-28(23)43(41,42)26-8-9-26/h3-7,10-12,14,16-18,26,29,35H,8-9,13,15,19H2,1-2H3,(H2,33,34)(H,36,40). The van der Waals surface area contributed by atoms with Crippen molar-refractivity contribution in [3.8, 4) is 0 Å². The molecule has 1 atom stereocenters. The van der Waals surface area contributed by atoms with Gasteiger partial charge in [0.15, 0.2) is 9.84 Å². The second-order valence-corrected chi connectivity index (χ2v) is 13.5. The first-order chi connectivity index (χ1) is 20.6. The molecule has 1 fully saturated rings. The number of nitrogen functional groups attached to an aromatic ring is 1. The molecule has 0 radical (unpaired) electrons. The van der Waals surface area contributed by atoms with Crippen LogP contribution >= 0.6 is 0 Å². The topological polar surface area (TPSA) is 138 Å². The van der Waals surface area contributed by atoms with Gasteiger partial charge in [-0.2, -0.15) is 0 Å². The largest absolute Gasteiger partial charge is 0.383 e. The van der Waals surface area contributed by atoms with Crippen LogP contribution in [0.15, 0.2) is 77.8 Å². The van der Waals surface area contributed by atoms with Crippen LogP contribution in [0.2, 0.25) is 0 Å². The number of anilines is 3. The van der Waals surface area contributed by atoms with E-state index >= 15 is 0 Å². The fourth-order valence-electron chi connectivity index (χ4n) is 5.46. The van der Waals surface area contributed by atoms with Crippen LogP contribution in [-0.2, 0) is 27.6 Å². The summed E-state index contributed by atoms with van der Waals surface area (Å²) >= 11 is 0. The first-order valence-corrected chi connectivity index (χ1v) is 15.8. The van der Waals surface area contributed by atoms with E-state index in [0.29, 0.717) is 42.9 Å². The summed E-state index contributed by atoms with van der Waals surface area (Å²) in [6.07, 6.45) is 3.47. The number of carbonyl (C=O) groups is 2. The summed E-state index contributed by atoms with van der Waals surface area (Å²) in [6.45, 7) is 0.486. The monoisotopic (exact) mass is 598 g/mol. The number of nitrogens with one attached hydrogen (secondary N) is 2. The molecule has 222 valence electrons. The molecular weight excluding hydrogens is 564 g/mol. The second kappa shape index (κ2) is 11.2. The zero-order valence-corrected chi connectivity index (χ0v) is 24.9. The van der Waals surface area contributed by atoms with E-state index in [4.69, 9.17) is 5.73 Å². The van der Waals surface area contributed by atoms with E-state index in [1.807, 2.05) is 48.5 Å². The van der Waals surface area contributed by atoms with Crippen molar-refractivity contribution in [2.75, 3.05) is 37.0 Å². The summed E-state index contributed by atoms with van der Waals surface area (Å²) in [6, 6.07) is 19.0. The Hall–Kier alpha value is -4.64. The van der Waals surface area contributed by atoms with Crippen molar-refractivity contribution in [1.29, 1.82) is 0 Å². The molecule has 4 aromatic rings. The number of sulfone groups is 1. The average molecular weight is 599 g/mol. The number of nitrogens with zero attached hydrogens (tertiary/aromatic N) is 3. The number of amides is 3. The fraction of sp³-hybridized carbons (Fsp3) is 0.281. The maximum absolute atomic E-state index is 14.2. The first-order valence-electron chi connectivity index (χ1n) is 14.2. The van der Waals surface area contributed by atoms with Gasteiger partial charge in [0.05, 0.1) is 10.1 Å². The molecule has 2 heterocycles. The zero-order chi connectivity index (χ0) is 30.3. The highest BCUT2D eigenvalue weighted by Gasteiger charge is 2.38. The van der Waals surface area contributed by atoms with Crippen molar-refractivity contribution in [2.24, 2.45) is 0 Å². The van der Waals surface area contributed by atoms with Gasteiger partial charge in [-0.25, -0.2) is 18.2 Å². The van der Waals surface area contributed by atoms with Crippen molar-refractivity contribution in [3.63, 3.8) is 0 Å². The smallest absolute Gasteiger partial charge is 0.321 e. The molecule has 11 heteroatoms. The highest BCUT2D eigenvalue weighted by atomic mass is 32.2. The number of urea groups is 1. The van der Waals surface area contributed by atoms with Crippen LogP contribution in [0.3, 0.4) is 0 Å². The summed E-state index contributed by atoms with van der Waals surface area (Å²) in [5, 5.41) is 7.59. The molecule has 4 N–H and O–H groups in total. The molecule has 2 aliphatic rings. The van der Waals surface area contributed by atoms with Crippen LogP contribution in [0, 0.1) is 0 Å². The summed E-state index contributed by atoms with van der Waals surface area (Å²) in [4.78, 5) is 34.7. The minimum Gasteiger partial charge on any atom is -0.383 e. The van der Waals surface area contributed by atoms with E-state index in [9.17, 15) is 18.0 Å². The maximum Gasteiger partial charge on any atom is 0.321 e. The minimum atomic E-state index is -3.56. The summed E-state index contributed by atoms with van der Waals surface area (Å²) in [5.74, 6) is 0.196. The Kier molecular flexibility index (Phi) is 7.43.